The first-order valence-corrected chi connectivity index (χ1v) is 8.47. The minimum atomic E-state index is -4.54. The highest BCUT2D eigenvalue weighted by Gasteiger charge is 2.44. The highest BCUT2D eigenvalue weighted by Crippen LogP contribution is 2.40. The molecule has 1 atom stereocenters. The van der Waals surface area contributed by atoms with Crippen molar-refractivity contribution in [3.05, 3.63) is 95.6 Å². The van der Waals surface area contributed by atoms with Gasteiger partial charge in [0.2, 0.25) is 0 Å². The van der Waals surface area contributed by atoms with Crippen LogP contribution in [0.4, 0.5) is 13.2 Å². The number of carboxylic acids is 1. The van der Waals surface area contributed by atoms with Crippen molar-refractivity contribution in [3.63, 3.8) is 0 Å². The van der Waals surface area contributed by atoms with Crippen LogP contribution in [-0.4, -0.2) is 22.8 Å². The Labute approximate surface area is 159 Å². The molecule has 0 amide bonds. The van der Waals surface area contributed by atoms with E-state index in [0.717, 1.165) is 29.8 Å². The summed E-state index contributed by atoms with van der Waals surface area (Å²) in [4.78, 5) is 12.3. The Morgan fingerprint density at radius 3 is 1.86 bits per heavy atom. The second-order valence-corrected chi connectivity index (χ2v) is 6.36. The van der Waals surface area contributed by atoms with E-state index < -0.39 is 29.7 Å². The van der Waals surface area contributed by atoms with Crippen molar-refractivity contribution < 1.29 is 28.2 Å². The number of aliphatic hydroxyl groups excluding tert-OH is 1. The molecule has 0 aromatic heterocycles. The molecule has 0 aliphatic heterocycles. The van der Waals surface area contributed by atoms with Gasteiger partial charge in [-0.25, -0.2) is 0 Å². The quantitative estimate of drug-likeness (QED) is 0.666. The molecule has 6 heteroatoms. The molecule has 28 heavy (non-hydrogen) atoms. The molecular formula is C22H17F3O3. The fraction of sp³-hybridized carbons (Fsp3) is 0.136. The molecule has 2 N–H and O–H groups in total. The van der Waals surface area contributed by atoms with Gasteiger partial charge in [0.05, 0.1) is 12.2 Å². The van der Waals surface area contributed by atoms with Gasteiger partial charge in [0.1, 0.15) is 5.41 Å². The average Bonchev–Trinajstić information content (AvgIpc) is 2.69. The lowest BCUT2D eigenvalue weighted by Gasteiger charge is -2.31. The van der Waals surface area contributed by atoms with Gasteiger partial charge < -0.3 is 10.2 Å². The van der Waals surface area contributed by atoms with Crippen LogP contribution in [0.2, 0.25) is 0 Å². The molecule has 0 fully saturated rings. The van der Waals surface area contributed by atoms with Gasteiger partial charge in [-0.2, -0.15) is 13.2 Å². The van der Waals surface area contributed by atoms with Crippen LogP contribution in [0.25, 0.3) is 11.1 Å². The summed E-state index contributed by atoms with van der Waals surface area (Å²) < 4.78 is 38.7. The van der Waals surface area contributed by atoms with Gasteiger partial charge in [-0.15, -0.1) is 0 Å². The third-order valence-corrected chi connectivity index (χ3v) is 4.78. The predicted octanol–water partition coefficient (Wildman–Crippen LogP) is 4.74. The van der Waals surface area contributed by atoms with Gasteiger partial charge in [0, 0.05) is 0 Å². The molecule has 3 nitrogen and oxygen atoms in total. The fourth-order valence-electron chi connectivity index (χ4n) is 3.31. The lowest BCUT2D eigenvalue weighted by molar-refractivity contribution is -0.143. The average molecular weight is 386 g/mol. The molecule has 144 valence electrons. The molecule has 1 unspecified atom stereocenters. The molecule has 0 saturated heterocycles. The number of rotatable bonds is 5. The number of alkyl halides is 3. The van der Waals surface area contributed by atoms with Gasteiger partial charge in [-0.1, -0.05) is 66.7 Å². The number of carbonyl (C=O) groups is 1. The van der Waals surface area contributed by atoms with E-state index in [1.165, 1.54) is 0 Å². The third kappa shape index (κ3) is 3.39. The summed E-state index contributed by atoms with van der Waals surface area (Å²) >= 11 is 0. The molecule has 3 aromatic carbocycles. The Balaban J connectivity index is 2.24. The first kappa shape index (κ1) is 19.6. The smallest absolute Gasteiger partial charge is 0.416 e. The predicted molar refractivity (Wildman–Crippen MR) is 98.8 cm³/mol. The number of benzene rings is 3. The van der Waals surface area contributed by atoms with Gasteiger partial charge in [-0.05, 0) is 34.4 Å². The Kier molecular flexibility index (Phi) is 5.25. The van der Waals surface area contributed by atoms with E-state index in [9.17, 15) is 28.2 Å². The van der Waals surface area contributed by atoms with E-state index in [-0.39, 0.29) is 5.56 Å². The number of aliphatic hydroxyl groups is 1. The summed E-state index contributed by atoms with van der Waals surface area (Å²) in [5.41, 5.74) is -1.10. The summed E-state index contributed by atoms with van der Waals surface area (Å²) in [5, 5.41) is 20.2. The van der Waals surface area contributed by atoms with Crippen molar-refractivity contribution in [2.75, 3.05) is 6.61 Å². The molecule has 0 saturated carbocycles. The van der Waals surface area contributed by atoms with Crippen molar-refractivity contribution in [1.82, 2.24) is 0 Å². The number of hydrogen-bond acceptors (Lipinski definition) is 2. The maximum absolute atomic E-state index is 12.9. The Hall–Kier alpha value is -3.12. The number of carboxylic acid groups (broad SMARTS) is 1. The number of hydrogen-bond donors (Lipinski definition) is 2. The zero-order chi connectivity index (χ0) is 20.4. The van der Waals surface area contributed by atoms with Crippen LogP contribution in [0.15, 0.2) is 78.9 Å². The van der Waals surface area contributed by atoms with Gasteiger partial charge >= 0.3 is 12.1 Å². The first-order valence-electron chi connectivity index (χ1n) is 8.47. The van der Waals surface area contributed by atoms with Gasteiger partial charge in [-0.3, -0.25) is 4.79 Å². The van der Waals surface area contributed by atoms with E-state index >= 15 is 0 Å². The third-order valence-electron chi connectivity index (χ3n) is 4.78. The number of halogens is 3. The summed E-state index contributed by atoms with van der Waals surface area (Å²) in [6.07, 6.45) is -4.54. The van der Waals surface area contributed by atoms with Crippen molar-refractivity contribution in [2.24, 2.45) is 0 Å². The Bertz CT molecular complexity index is 966. The summed E-state index contributed by atoms with van der Waals surface area (Å²) in [6, 6.07) is 19.6. The Morgan fingerprint density at radius 2 is 1.32 bits per heavy atom. The highest BCUT2D eigenvalue weighted by molar-refractivity contribution is 5.90. The van der Waals surface area contributed by atoms with E-state index in [1.807, 2.05) is 6.07 Å². The van der Waals surface area contributed by atoms with Crippen LogP contribution in [0, 0.1) is 0 Å². The van der Waals surface area contributed by atoms with Crippen molar-refractivity contribution in [3.8, 4) is 11.1 Å². The van der Waals surface area contributed by atoms with Crippen LogP contribution in [-0.2, 0) is 16.4 Å². The zero-order valence-electron chi connectivity index (χ0n) is 14.6. The van der Waals surface area contributed by atoms with E-state index in [1.54, 1.807) is 48.5 Å². The van der Waals surface area contributed by atoms with Gasteiger partial charge in [0.15, 0.2) is 0 Å². The maximum Gasteiger partial charge on any atom is 0.416 e. The largest absolute Gasteiger partial charge is 0.480 e. The second-order valence-electron chi connectivity index (χ2n) is 6.36. The highest BCUT2D eigenvalue weighted by atomic mass is 19.4. The second kappa shape index (κ2) is 7.48. The van der Waals surface area contributed by atoms with E-state index in [2.05, 4.69) is 0 Å². The van der Waals surface area contributed by atoms with Crippen LogP contribution in [0.5, 0.6) is 0 Å². The molecule has 0 bridgehead atoms. The summed E-state index contributed by atoms with van der Waals surface area (Å²) in [5.74, 6) is -1.35. The topological polar surface area (TPSA) is 57.5 Å². The molecule has 0 radical (unpaired) electrons. The lowest BCUT2D eigenvalue weighted by atomic mass is 9.72. The zero-order valence-corrected chi connectivity index (χ0v) is 14.6. The molecule has 3 rings (SSSR count). The molecule has 0 spiro atoms. The molecule has 0 aliphatic rings. The molecule has 0 aliphatic carbocycles. The van der Waals surface area contributed by atoms with Crippen LogP contribution >= 0.6 is 0 Å². The molecule has 0 heterocycles. The van der Waals surface area contributed by atoms with Crippen LogP contribution < -0.4 is 0 Å². The fourth-order valence-corrected chi connectivity index (χ4v) is 3.31. The standard InChI is InChI=1S/C22H17F3O3/c23-22(24,25)17-12-10-16(11-13-17)21(14-26,20(27)28)19-9-5-4-8-18(19)15-6-2-1-3-7-15/h1-13,26H,14H2,(H,27,28). The van der Waals surface area contributed by atoms with Crippen LogP contribution in [0.1, 0.15) is 16.7 Å². The first-order chi connectivity index (χ1) is 13.3. The monoisotopic (exact) mass is 386 g/mol. The number of aliphatic carboxylic acids is 1. The van der Waals surface area contributed by atoms with Crippen molar-refractivity contribution >= 4 is 5.97 Å². The minimum absolute atomic E-state index is 0.0684. The minimum Gasteiger partial charge on any atom is -0.480 e. The van der Waals surface area contributed by atoms with E-state index in [0.29, 0.717) is 11.1 Å². The lowest BCUT2D eigenvalue weighted by Crippen LogP contribution is -2.41. The SMILES string of the molecule is O=C(O)C(CO)(c1ccc(C(F)(F)F)cc1)c1ccccc1-c1ccccc1. The molecule has 3 aromatic rings. The normalized spacial score (nSPS) is 13.7. The summed E-state index contributed by atoms with van der Waals surface area (Å²) in [7, 11) is 0. The van der Waals surface area contributed by atoms with Gasteiger partial charge in [0.25, 0.3) is 0 Å². The van der Waals surface area contributed by atoms with Crippen molar-refractivity contribution in [2.45, 2.75) is 11.6 Å². The van der Waals surface area contributed by atoms with Crippen LogP contribution in [0.3, 0.4) is 0 Å². The summed E-state index contributed by atoms with van der Waals surface area (Å²) in [6.45, 7) is -0.808. The maximum atomic E-state index is 12.9. The van der Waals surface area contributed by atoms with E-state index in [4.69, 9.17) is 0 Å². The van der Waals surface area contributed by atoms with Crippen molar-refractivity contribution in [1.29, 1.82) is 0 Å². The molecular weight excluding hydrogens is 369 g/mol. The Morgan fingerprint density at radius 1 is 0.786 bits per heavy atom.